The lowest BCUT2D eigenvalue weighted by Crippen LogP contribution is -2.57. The summed E-state index contributed by atoms with van der Waals surface area (Å²) in [6, 6.07) is 0. The SMILES string of the molecule is CC1(C(=O)O)CCCCN1C(=O)c1cnccn1. The molecule has 1 atom stereocenters. The second-order valence-corrected chi connectivity index (χ2v) is 4.58. The summed E-state index contributed by atoms with van der Waals surface area (Å²) in [5.41, 5.74) is -0.959. The van der Waals surface area contributed by atoms with Gasteiger partial charge in [0.1, 0.15) is 11.2 Å². The number of piperidine rings is 1. The van der Waals surface area contributed by atoms with Crippen molar-refractivity contribution < 1.29 is 14.7 Å². The van der Waals surface area contributed by atoms with E-state index in [1.54, 1.807) is 6.92 Å². The fourth-order valence-corrected chi connectivity index (χ4v) is 2.22. The molecule has 1 saturated heterocycles. The van der Waals surface area contributed by atoms with Gasteiger partial charge in [0.05, 0.1) is 6.20 Å². The van der Waals surface area contributed by atoms with Crippen LogP contribution in [0.1, 0.15) is 36.7 Å². The molecular weight excluding hydrogens is 234 g/mol. The Hall–Kier alpha value is -1.98. The van der Waals surface area contributed by atoms with Crippen molar-refractivity contribution in [1.29, 1.82) is 0 Å². The molecule has 6 nitrogen and oxygen atoms in total. The van der Waals surface area contributed by atoms with E-state index in [-0.39, 0.29) is 11.6 Å². The van der Waals surface area contributed by atoms with Crippen LogP contribution in [-0.4, -0.2) is 43.9 Å². The van der Waals surface area contributed by atoms with Gasteiger partial charge in [-0.05, 0) is 26.2 Å². The Morgan fingerprint density at radius 3 is 2.78 bits per heavy atom. The van der Waals surface area contributed by atoms with Crippen LogP contribution < -0.4 is 0 Å². The molecule has 1 N–H and O–H groups in total. The van der Waals surface area contributed by atoms with Crippen LogP contribution in [0.4, 0.5) is 0 Å². The third-order valence-corrected chi connectivity index (χ3v) is 3.38. The maximum absolute atomic E-state index is 12.3. The zero-order valence-electron chi connectivity index (χ0n) is 10.2. The Kier molecular flexibility index (Phi) is 3.27. The second kappa shape index (κ2) is 4.72. The molecule has 2 heterocycles. The predicted octanol–water partition coefficient (Wildman–Crippen LogP) is 0.946. The van der Waals surface area contributed by atoms with Crippen molar-refractivity contribution in [2.24, 2.45) is 0 Å². The third-order valence-electron chi connectivity index (χ3n) is 3.38. The Labute approximate surface area is 105 Å². The molecule has 1 aliphatic rings. The van der Waals surface area contributed by atoms with E-state index < -0.39 is 11.5 Å². The minimum atomic E-state index is -1.15. The van der Waals surface area contributed by atoms with Gasteiger partial charge in [-0.3, -0.25) is 9.78 Å². The monoisotopic (exact) mass is 249 g/mol. The van der Waals surface area contributed by atoms with E-state index in [1.165, 1.54) is 23.5 Å². The number of carbonyl (C=O) groups is 2. The van der Waals surface area contributed by atoms with E-state index in [2.05, 4.69) is 9.97 Å². The predicted molar refractivity (Wildman–Crippen MR) is 63.0 cm³/mol. The molecule has 0 spiro atoms. The largest absolute Gasteiger partial charge is 0.480 e. The normalized spacial score (nSPS) is 23.7. The number of hydrogen-bond acceptors (Lipinski definition) is 4. The third kappa shape index (κ3) is 2.05. The van der Waals surface area contributed by atoms with Gasteiger partial charge in [-0.1, -0.05) is 0 Å². The summed E-state index contributed by atoms with van der Waals surface area (Å²) in [4.78, 5) is 32.8. The molecule has 0 saturated carbocycles. The summed E-state index contributed by atoms with van der Waals surface area (Å²) in [6.45, 7) is 2.03. The molecule has 0 aromatic carbocycles. The van der Waals surface area contributed by atoms with Crippen molar-refractivity contribution in [3.63, 3.8) is 0 Å². The van der Waals surface area contributed by atoms with E-state index in [1.807, 2.05) is 0 Å². The van der Waals surface area contributed by atoms with Gasteiger partial charge in [0, 0.05) is 18.9 Å². The molecular formula is C12H15N3O3. The lowest BCUT2D eigenvalue weighted by Gasteiger charge is -2.41. The maximum atomic E-state index is 12.3. The second-order valence-electron chi connectivity index (χ2n) is 4.58. The number of hydrogen-bond donors (Lipinski definition) is 1. The van der Waals surface area contributed by atoms with Gasteiger partial charge in [0.25, 0.3) is 5.91 Å². The first-order chi connectivity index (χ1) is 8.55. The van der Waals surface area contributed by atoms with Crippen molar-refractivity contribution in [2.75, 3.05) is 6.54 Å². The average molecular weight is 249 g/mol. The zero-order valence-corrected chi connectivity index (χ0v) is 10.2. The number of likely N-dealkylation sites (tertiary alicyclic amines) is 1. The van der Waals surface area contributed by atoms with Gasteiger partial charge in [-0.2, -0.15) is 0 Å². The van der Waals surface area contributed by atoms with Crippen molar-refractivity contribution in [1.82, 2.24) is 14.9 Å². The number of rotatable bonds is 2. The van der Waals surface area contributed by atoms with Crippen LogP contribution >= 0.6 is 0 Å². The van der Waals surface area contributed by atoms with Crippen molar-refractivity contribution >= 4 is 11.9 Å². The Morgan fingerprint density at radius 2 is 2.17 bits per heavy atom. The number of nitrogens with zero attached hydrogens (tertiary/aromatic N) is 3. The van der Waals surface area contributed by atoms with Crippen LogP contribution in [0.5, 0.6) is 0 Å². The van der Waals surface area contributed by atoms with E-state index in [9.17, 15) is 14.7 Å². The van der Waals surface area contributed by atoms with Crippen molar-refractivity contribution in [2.45, 2.75) is 31.7 Å². The molecule has 1 amide bonds. The number of carbonyl (C=O) groups excluding carboxylic acids is 1. The first-order valence-electron chi connectivity index (χ1n) is 5.87. The summed E-state index contributed by atoms with van der Waals surface area (Å²) >= 11 is 0. The summed E-state index contributed by atoms with van der Waals surface area (Å²) < 4.78 is 0. The summed E-state index contributed by atoms with van der Waals surface area (Å²) in [5.74, 6) is -1.34. The zero-order chi connectivity index (χ0) is 13.2. The molecule has 0 aliphatic carbocycles. The first kappa shape index (κ1) is 12.5. The molecule has 1 aliphatic heterocycles. The highest BCUT2D eigenvalue weighted by molar-refractivity contribution is 5.96. The highest BCUT2D eigenvalue weighted by atomic mass is 16.4. The summed E-state index contributed by atoms with van der Waals surface area (Å²) in [5, 5.41) is 9.33. The minimum Gasteiger partial charge on any atom is -0.480 e. The molecule has 96 valence electrons. The van der Waals surface area contributed by atoms with Crippen LogP contribution in [0.15, 0.2) is 18.6 Å². The quantitative estimate of drug-likeness (QED) is 0.843. The molecule has 0 radical (unpaired) electrons. The summed E-state index contributed by atoms with van der Waals surface area (Å²) in [6.07, 6.45) is 6.36. The van der Waals surface area contributed by atoms with E-state index >= 15 is 0 Å². The molecule has 18 heavy (non-hydrogen) atoms. The van der Waals surface area contributed by atoms with Crippen LogP contribution in [0.3, 0.4) is 0 Å². The van der Waals surface area contributed by atoms with Gasteiger partial charge >= 0.3 is 5.97 Å². The van der Waals surface area contributed by atoms with E-state index in [0.717, 1.165) is 12.8 Å². The highest BCUT2D eigenvalue weighted by Gasteiger charge is 2.44. The maximum Gasteiger partial charge on any atom is 0.329 e. The Balaban J connectivity index is 2.30. The Bertz CT molecular complexity index is 463. The molecule has 6 heteroatoms. The standard InChI is InChI=1S/C12H15N3O3/c1-12(11(17)18)4-2-3-7-15(12)10(16)9-8-13-5-6-14-9/h5-6,8H,2-4,7H2,1H3,(H,17,18). The number of carboxylic acid groups (broad SMARTS) is 1. The van der Waals surface area contributed by atoms with Crippen LogP contribution in [-0.2, 0) is 4.79 Å². The number of aromatic nitrogens is 2. The lowest BCUT2D eigenvalue weighted by molar-refractivity contribution is -0.150. The molecule has 1 aromatic heterocycles. The molecule has 0 bridgehead atoms. The molecule has 1 aromatic rings. The number of aliphatic carboxylic acids is 1. The minimum absolute atomic E-state index is 0.187. The number of carboxylic acids is 1. The number of amides is 1. The molecule has 1 unspecified atom stereocenters. The molecule has 1 fully saturated rings. The van der Waals surface area contributed by atoms with Gasteiger partial charge in [-0.15, -0.1) is 0 Å². The first-order valence-corrected chi connectivity index (χ1v) is 5.87. The van der Waals surface area contributed by atoms with E-state index in [0.29, 0.717) is 13.0 Å². The topological polar surface area (TPSA) is 83.4 Å². The Morgan fingerprint density at radius 1 is 1.39 bits per heavy atom. The average Bonchev–Trinajstić information content (AvgIpc) is 2.39. The molecule has 2 rings (SSSR count). The van der Waals surface area contributed by atoms with Gasteiger partial charge < -0.3 is 10.0 Å². The van der Waals surface area contributed by atoms with E-state index in [4.69, 9.17) is 0 Å². The van der Waals surface area contributed by atoms with Gasteiger partial charge in [0.2, 0.25) is 0 Å². The fraction of sp³-hybridized carbons (Fsp3) is 0.500. The van der Waals surface area contributed by atoms with Crippen LogP contribution in [0, 0.1) is 0 Å². The summed E-state index contributed by atoms with van der Waals surface area (Å²) in [7, 11) is 0. The lowest BCUT2D eigenvalue weighted by atomic mass is 9.88. The van der Waals surface area contributed by atoms with Gasteiger partial charge in [-0.25, -0.2) is 9.78 Å². The van der Waals surface area contributed by atoms with Gasteiger partial charge in [0.15, 0.2) is 0 Å². The van der Waals surface area contributed by atoms with Crippen LogP contribution in [0.2, 0.25) is 0 Å². The smallest absolute Gasteiger partial charge is 0.329 e. The van der Waals surface area contributed by atoms with Crippen LogP contribution in [0.25, 0.3) is 0 Å². The highest BCUT2D eigenvalue weighted by Crippen LogP contribution is 2.29. The van der Waals surface area contributed by atoms with Crippen molar-refractivity contribution in [3.8, 4) is 0 Å². The van der Waals surface area contributed by atoms with Crippen molar-refractivity contribution in [3.05, 3.63) is 24.3 Å². The fourth-order valence-electron chi connectivity index (χ4n) is 2.22.